The van der Waals surface area contributed by atoms with E-state index >= 15 is 0 Å². The number of carbonyl (C=O) groups is 2. The predicted octanol–water partition coefficient (Wildman–Crippen LogP) is 4.02. The molecule has 0 aromatic heterocycles. The van der Waals surface area contributed by atoms with E-state index < -0.39 is 6.09 Å². The Morgan fingerprint density at radius 2 is 1.80 bits per heavy atom. The number of carboxylic acid groups (broad SMARTS) is 1. The highest BCUT2D eigenvalue weighted by atomic mass is 35.5. The summed E-state index contributed by atoms with van der Waals surface area (Å²) in [4.78, 5) is 30.6. The molecule has 0 unspecified atom stereocenters. The Balaban J connectivity index is 1.45. The highest BCUT2D eigenvalue weighted by molar-refractivity contribution is 6.42. The van der Waals surface area contributed by atoms with Crippen LogP contribution in [-0.4, -0.2) is 77.6 Å². The molecule has 2 amide bonds. The van der Waals surface area contributed by atoms with Crippen LogP contribution in [0.5, 0.6) is 0 Å². The van der Waals surface area contributed by atoms with Crippen LogP contribution in [0.25, 0.3) is 0 Å². The van der Waals surface area contributed by atoms with Gasteiger partial charge in [0.05, 0.1) is 16.1 Å². The zero-order chi connectivity index (χ0) is 21.4. The van der Waals surface area contributed by atoms with Gasteiger partial charge < -0.3 is 19.8 Å². The Labute approximate surface area is 187 Å². The van der Waals surface area contributed by atoms with Gasteiger partial charge in [-0.2, -0.15) is 0 Å². The lowest BCUT2D eigenvalue weighted by atomic mass is 9.93. The molecule has 0 bridgehead atoms. The van der Waals surface area contributed by atoms with Crippen LogP contribution in [-0.2, 0) is 4.79 Å². The molecule has 1 aliphatic carbocycles. The van der Waals surface area contributed by atoms with Crippen LogP contribution in [0.1, 0.15) is 37.2 Å². The minimum atomic E-state index is -0.993. The average Bonchev–Trinajstić information content (AvgIpc) is 3.44. The fourth-order valence-corrected chi connectivity index (χ4v) is 5.16. The summed E-state index contributed by atoms with van der Waals surface area (Å²) in [5.41, 5.74) is 0.914. The minimum Gasteiger partial charge on any atom is -0.465 e. The van der Waals surface area contributed by atoms with Gasteiger partial charge in [0.15, 0.2) is 0 Å². The zero-order valence-electron chi connectivity index (χ0n) is 17.3. The topological polar surface area (TPSA) is 64.1 Å². The first-order valence-electron chi connectivity index (χ1n) is 10.8. The number of benzene rings is 1. The summed E-state index contributed by atoms with van der Waals surface area (Å²) in [5, 5.41) is 10.5. The summed E-state index contributed by atoms with van der Waals surface area (Å²) in [6.45, 7) is 4.05. The van der Waals surface area contributed by atoms with Crippen LogP contribution in [0, 0.1) is 11.8 Å². The Bertz CT molecular complexity index is 809. The summed E-state index contributed by atoms with van der Waals surface area (Å²) in [7, 11) is 1.57. The summed E-state index contributed by atoms with van der Waals surface area (Å²) in [6, 6.07) is 5.10. The van der Waals surface area contributed by atoms with E-state index in [1.807, 2.05) is 11.0 Å². The molecule has 2 atom stereocenters. The lowest BCUT2D eigenvalue weighted by Crippen LogP contribution is -2.44. The number of nitrogens with zero attached hydrogens (tertiary/aromatic N) is 3. The van der Waals surface area contributed by atoms with E-state index in [4.69, 9.17) is 23.2 Å². The molecule has 1 aromatic rings. The largest absolute Gasteiger partial charge is 0.465 e. The van der Waals surface area contributed by atoms with Gasteiger partial charge >= 0.3 is 6.09 Å². The maximum atomic E-state index is 13.3. The van der Waals surface area contributed by atoms with Crippen molar-refractivity contribution in [2.75, 3.05) is 39.8 Å². The van der Waals surface area contributed by atoms with Gasteiger partial charge in [0.25, 0.3) is 0 Å². The monoisotopic (exact) mass is 453 g/mol. The molecule has 2 saturated heterocycles. The number of amides is 2. The van der Waals surface area contributed by atoms with Crippen LogP contribution in [0.4, 0.5) is 4.79 Å². The molecule has 8 heteroatoms. The van der Waals surface area contributed by atoms with E-state index in [1.165, 1.54) is 24.3 Å². The smallest absolute Gasteiger partial charge is 0.407 e. The highest BCUT2D eigenvalue weighted by Gasteiger charge is 2.42. The van der Waals surface area contributed by atoms with Crippen molar-refractivity contribution in [3.63, 3.8) is 0 Å². The summed E-state index contributed by atoms with van der Waals surface area (Å²) in [5.74, 6) is 0.936. The van der Waals surface area contributed by atoms with Crippen molar-refractivity contribution in [3.8, 4) is 0 Å². The molecule has 2 heterocycles. The summed E-state index contributed by atoms with van der Waals surface area (Å²) >= 11 is 12.3. The Morgan fingerprint density at radius 3 is 2.40 bits per heavy atom. The normalized spacial score (nSPS) is 25.5. The minimum absolute atomic E-state index is 0.0313. The van der Waals surface area contributed by atoms with Gasteiger partial charge in [0.1, 0.15) is 0 Å². The van der Waals surface area contributed by atoms with Crippen LogP contribution < -0.4 is 0 Å². The standard InChI is InChI=1S/C22H29Cl2N3O3/c1-25(22(29)30)20-13-27(12-17(20)16-4-5-18(23)19(24)10-16)21(28)15-6-8-26(9-7-15)11-14-2-3-14/h4-5,10,14-15,17,20H,2-3,6-9,11-13H2,1H3,(H,29,30)/t17-,20+/m0/s1. The number of likely N-dealkylation sites (N-methyl/N-ethyl adjacent to an activating group) is 1. The van der Waals surface area contributed by atoms with E-state index in [1.54, 1.807) is 19.2 Å². The van der Waals surface area contributed by atoms with Crippen molar-refractivity contribution >= 4 is 35.2 Å². The predicted molar refractivity (Wildman–Crippen MR) is 117 cm³/mol. The maximum Gasteiger partial charge on any atom is 0.407 e. The third kappa shape index (κ3) is 4.71. The van der Waals surface area contributed by atoms with Crippen molar-refractivity contribution in [2.45, 2.75) is 37.6 Å². The van der Waals surface area contributed by atoms with E-state index in [2.05, 4.69) is 4.90 Å². The van der Waals surface area contributed by atoms with Gasteiger partial charge in [-0.3, -0.25) is 4.79 Å². The number of hydrogen-bond donors (Lipinski definition) is 1. The number of piperidine rings is 1. The number of halogens is 2. The van der Waals surface area contributed by atoms with Crippen molar-refractivity contribution < 1.29 is 14.7 Å². The zero-order valence-corrected chi connectivity index (χ0v) is 18.8. The summed E-state index contributed by atoms with van der Waals surface area (Å²) < 4.78 is 0. The van der Waals surface area contributed by atoms with Crippen molar-refractivity contribution in [1.29, 1.82) is 0 Å². The van der Waals surface area contributed by atoms with Crippen molar-refractivity contribution in [3.05, 3.63) is 33.8 Å². The SMILES string of the molecule is CN(C(=O)O)[C@@H]1CN(C(=O)C2CCN(CC3CC3)CC2)C[C@H]1c1ccc(Cl)c(Cl)c1. The molecule has 1 saturated carbocycles. The molecule has 0 radical (unpaired) electrons. The fourth-order valence-electron chi connectivity index (χ4n) is 4.86. The molecule has 6 nitrogen and oxygen atoms in total. The molecule has 3 fully saturated rings. The van der Waals surface area contributed by atoms with Gasteiger partial charge in [-0.1, -0.05) is 29.3 Å². The highest BCUT2D eigenvalue weighted by Crippen LogP contribution is 2.36. The molecule has 4 rings (SSSR count). The second kappa shape index (κ2) is 8.93. The molecule has 2 aliphatic heterocycles. The molecule has 164 valence electrons. The first kappa shape index (κ1) is 21.7. The Hall–Kier alpha value is -1.50. The lowest BCUT2D eigenvalue weighted by molar-refractivity contribution is -0.136. The van der Waals surface area contributed by atoms with Gasteiger partial charge in [0, 0.05) is 38.5 Å². The third-order valence-corrected chi connectivity index (χ3v) is 7.66. The second-order valence-electron chi connectivity index (χ2n) is 9.00. The van der Waals surface area contributed by atoms with E-state index in [0.717, 1.165) is 37.4 Å². The van der Waals surface area contributed by atoms with Gasteiger partial charge in [-0.05, 0) is 62.4 Å². The van der Waals surface area contributed by atoms with E-state index in [0.29, 0.717) is 23.1 Å². The lowest BCUT2D eigenvalue weighted by Gasteiger charge is -2.33. The van der Waals surface area contributed by atoms with Crippen LogP contribution in [0.15, 0.2) is 18.2 Å². The summed E-state index contributed by atoms with van der Waals surface area (Å²) in [6.07, 6.45) is 3.48. The quantitative estimate of drug-likeness (QED) is 0.730. The average molecular weight is 454 g/mol. The molecular formula is C22H29Cl2N3O3. The van der Waals surface area contributed by atoms with Gasteiger partial charge in [0.2, 0.25) is 5.91 Å². The first-order valence-corrected chi connectivity index (χ1v) is 11.5. The molecule has 0 spiro atoms. The second-order valence-corrected chi connectivity index (χ2v) is 9.82. The Morgan fingerprint density at radius 1 is 1.10 bits per heavy atom. The van der Waals surface area contributed by atoms with Crippen molar-refractivity contribution in [1.82, 2.24) is 14.7 Å². The Kier molecular flexibility index (Phi) is 6.47. The van der Waals surface area contributed by atoms with Gasteiger partial charge in [-0.15, -0.1) is 0 Å². The number of hydrogen-bond acceptors (Lipinski definition) is 3. The van der Waals surface area contributed by atoms with E-state index in [9.17, 15) is 14.7 Å². The van der Waals surface area contributed by atoms with Gasteiger partial charge in [-0.25, -0.2) is 4.79 Å². The fraction of sp³-hybridized carbons (Fsp3) is 0.636. The number of rotatable bonds is 5. The van der Waals surface area contributed by atoms with E-state index in [-0.39, 0.29) is 23.8 Å². The maximum absolute atomic E-state index is 13.3. The number of likely N-dealkylation sites (tertiary alicyclic amines) is 2. The molecule has 1 aromatic carbocycles. The van der Waals surface area contributed by atoms with Crippen LogP contribution >= 0.6 is 23.2 Å². The first-order chi connectivity index (χ1) is 14.3. The van der Waals surface area contributed by atoms with Crippen LogP contribution in [0.2, 0.25) is 10.0 Å². The molecule has 3 aliphatic rings. The molecular weight excluding hydrogens is 425 g/mol. The molecule has 1 N–H and O–H groups in total. The molecule has 30 heavy (non-hydrogen) atoms. The van der Waals surface area contributed by atoms with Crippen LogP contribution in [0.3, 0.4) is 0 Å². The van der Waals surface area contributed by atoms with Crippen molar-refractivity contribution in [2.24, 2.45) is 11.8 Å². The number of carbonyl (C=O) groups excluding carboxylic acids is 1. The third-order valence-electron chi connectivity index (χ3n) is 6.92.